The van der Waals surface area contributed by atoms with Gasteiger partial charge in [-0.25, -0.2) is 18.1 Å². The number of sulfonamides is 1. The summed E-state index contributed by atoms with van der Waals surface area (Å²) in [5, 5.41) is 11.6. The van der Waals surface area contributed by atoms with E-state index in [0.29, 0.717) is 18.8 Å². The first-order valence-electron chi connectivity index (χ1n) is 7.11. The summed E-state index contributed by atoms with van der Waals surface area (Å²) in [4.78, 5) is 4.35. The zero-order valence-electron chi connectivity index (χ0n) is 12.7. The molecule has 0 atom stereocenters. The van der Waals surface area contributed by atoms with Gasteiger partial charge < -0.3 is 15.2 Å². The van der Waals surface area contributed by atoms with E-state index in [2.05, 4.69) is 15.0 Å². The fourth-order valence-electron chi connectivity index (χ4n) is 2.02. The van der Waals surface area contributed by atoms with Crippen LogP contribution in [-0.2, 0) is 14.8 Å². The van der Waals surface area contributed by atoms with Crippen LogP contribution in [0.4, 0.5) is 5.69 Å². The Morgan fingerprint density at radius 1 is 1.32 bits per heavy atom. The molecule has 0 bridgehead atoms. The summed E-state index contributed by atoms with van der Waals surface area (Å²) in [6, 6.07) is 5.33. The summed E-state index contributed by atoms with van der Waals surface area (Å²) in [7, 11) is -3.62. The molecule has 0 saturated heterocycles. The van der Waals surface area contributed by atoms with Crippen molar-refractivity contribution in [3.8, 4) is 0 Å². The number of hydrogen-bond acceptors (Lipinski definition) is 5. The number of nitrogens with zero attached hydrogens (tertiary/aromatic N) is 1. The third-order valence-electron chi connectivity index (χ3n) is 3.19. The molecule has 1 aliphatic rings. The minimum absolute atomic E-state index is 0.0486. The number of anilines is 1. The third kappa shape index (κ3) is 3.96. The van der Waals surface area contributed by atoms with Crippen molar-refractivity contribution in [1.29, 1.82) is 0 Å². The molecular formula is C14H21N3O4S. The number of ether oxygens (including phenoxy) is 1. The Hall–Kier alpha value is -1.64. The number of fused-ring (bicyclic) bond motifs is 1. The van der Waals surface area contributed by atoms with E-state index in [-0.39, 0.29) is 30.0 Å². The largest absolute Gasteiger partial charge is 0.394 e. The molecule has 22 heavy (non-hydrogen) atoms. The zero-order valence-corrected chi connectivity index (χ0v) is 13.5. The van der Waals surface area contributed by atoms with Gasteiger partial charge in [0.1, 0.15) is 4.90 Å². The molecule has 8 heteroatoms. The second kappa shape index (κ2) is 7.08. The molecule has 1 aromatic rings. The van der Waals surface area contributed by atoms with Gasteiger partial charge in [0, 0.05) is 0 Å². The fourth-order valence-corrected chi connectivity index (χ4v) is 3.20. The molecule has 0 amide bonds. The molecular weight excluding hydrogens is 306 g/mol. The van der Waals surface area contributed by atoms with Gasteiger partial charge in [0.25, 0.3) is 10.0 Å². The van der Waals surface area contributed by atoms with Crippen LogP contribution in [0, 0.1) is 0 Å². The summed E-state index contributed by atoms with van der Waals surface area (Å²) in [5.41, 5.74) is 1.47. The van der Waals surface area contributed by atoms with Crippen LogP contribution in [0.1, 0.15) is 25.3 Å². The van der Waals surface area contributed by atoms with Gasteiger partial charge in [-0.2, -0.15) is 0 Å². The Labute approximate surface area is 130 Å². The van der Waals surface area contributed by atoms with Gasteiger partial charge in [0.05, 0.1) is 32.1 Å². The zero-order chi connectivity index (χ0) is 16.2. The maximum Gasteiger partial charge on any atom is 0.266 e. The Bertz CT molecular complexity index is 656. The monoisotopic (exact) mass is 327 g/mol. The van der Waals surface area contributed by atoms with Crippen molar-refractivity contribution in [1.82, 2.24) is 4.72 Å². The molecule has 122 valence electrons. The number of aliphatic hydroxyl groups excluding tert-OH is 1. The molecule has 0 spiro atoms. The molecule has 3 N–H and O–H groups in total. The quantitative estimate of drug-likeness (QED) is 0.674. The van der Waals surface area contributed by atoms with Gasteiger partial charge in [-0.15, -0.1) is 0 Å². The van der Waals surface area contributed by atoms with Crippen LogP contribution in [0.5, 0.6) is 0 Å². The Balaban J connectivity index is 2.15. The lowest BCUT2D eigenvalue weighted by Crippen LogP contribution is -2.41. The van der Waals surface area contributed by atoms with E-state index in [0.717, 1.165) is 5.56 Å². The van der Waals surface area contributed by atoms with Gasteiger partial charge in [0.2, 0.25) is 5.96 Å². The maximum absolute atomic E-state index is 12.3. The summed E-state index contributed by atoms with van der Waals surface area (Å²) < 4.78 is 32.1. The van der Waals surface area contributed by atoms with Crippen LogP contribution < -0.4 is 10.0 Å². The van der Waals surface area contributed by atoms with Gasteiger partial charge in [-0.3, -0.25) is 0 Å². The van der Waals surface area contributed by atoms with E-state index in [9.17, 15) is 8.42 Å². The van der Waals surface area contributed by atoms with E-state index < -0.39 is 10.0 Å². The predicted octanol–water partition coefficient (Wildman–Crippen LogP) is 0.879. The Morgan fingerprint density at radius 3 is 2.77 bits per heavy atom. The Morgan fingerprint density at radius 2 is 2.09 bits per heavy atom. The topological polar surface area (TPSA) is 100 Å². The van der Waals surface area contributed by atoms with Crippen LogP contribution in [0.25, 0.3) is 0 Å². The van der Waals surface area contributed by atoms with Crippen molar-refractivity contribution in [3.63, 3.8) is 0 Å². The lowest BCUT2D eigenvalue weighted by atomic mass is 10.0. The lowest BCUT2D eigenvalue weighted by molar-refractivity contribution is 0.0978. The first kappa shape index (κ1) is 16.7. The second-order valence-electron chi connectivity index (χ2n) is 5.21. The van der Waals surface area contributed by atoms with Crippen LogP contribution >= 0.6 is 0 Å². The number of hydrogen-bond donors (Lipinski definition) is 3. The third-order valence-corrected chi connectivity index (χ3v) is 4.57. The molecule has 2 rings (SSSR count). The van der Waals surface area contributed by atoms with Gasteiger partial charge >= 0.3 is 0 Å². The van der Waals surface area contributed by atoms with E-state index >= 15 is 0 Å². The average molecular weight is 327 g/mol. The molecule has 0 radical (unpaired) electrons. The first-order valence-corrected chi connectivity index (χ1v) is 8.59. The van der Waals surface area contributed by atoms with Crippen molar-refractivity contribution < 1.29 is 18.3 Å². The van der Waals surface area contributed by atoms with Crippen molar-refractivity contribution in [2.24, 2.45) is 4.99 Å². The summed E-state index contributed by atoms with van der Waals surface area (Å²) in [5.74, 6) is 0.427. The minimum atomic E-state index is -3.62. The maximum atomic E-state index is 12.3. The normalized spacial score (nSPS) is 17.9. The molecule has 1 heterocycles. The van der Waals surface area contributed by atoms with Crippen molar-refractivity contribution in [3.05, 3.63) is 23.8 Å². The minimum Gasteiger partial charge on any atom is -0.394 e. The molecule has 0 unspecified atom stereocenters. The number of rotatable bonds is 6. The second-order valence-corrected chi connectivity index (χ2v) is 6.86. The number of aliphatic hydroxyl groups is 1. The van der Waals surface area contributed by atoms with Crippen LogP contribution in [-0.4, -0.2) is 45.8 Å². The van der Waals surface area contributed by atoms with Crippen molar-refractivity contribution in [2.75, 3.05) is 31.7 Å². The van der Waals surface area contributed by atoms with E-state index in [4.69, 9.17) is 9.84 Å². The van der Waals surface area contributed by atoms with Gasteiger partial charge in [-0.1, -0.05) is 19.9 Å². The van der Waals surface area contributed by atoms with E-state index in [1.54, 1.807) is 12.1 Å². The molecule has 1 aliphatic heterocycles. The summed E-state index contributed by atoms with van der Waals surface area (Å²) in [6.45, 7) is 4.82. The van der Waals surface area contributed by atoms with Crippen molar-refractivity contribution >= 4 is 21.7 Å². The van der Waals surface area contributed by atoms with Crippen LogP contribution in [0.15, 0.2) is 28.1 Å². The first-order chi connectivity index (χ1) is 10.4. The van der Waals surface area contributed by atoms with E-state index in [1.807, 2.05) is 19.9 Å². The highest BCUT2D eigenvalue weighted by atomic mass is 32.2. The molecule has 0 fully saturated rings. The molecule has 0 saturated carbocycles. The number of aliphatic imine (C=N–C) groups is 1. The molecule has 0 aromatic heterocycles. The lowest BCUT2D eigenvalue weighted by Gasteiger charge is -2.22. The molecule has 7 nitrogen and oxygen atoms in total. The molecule has 1 aromatic carbocycles. The fraction of sp³-hybridized carbons (Fsp3) is 0.500. The SMILES string of the molecule is CC(C)c1ccc2c(c1)S(=O)(=O)NC(=NCCOCCO)N2. The van der Waals surface area contributed by atoms with Crippen LogP contribution in [0.3, 0.4) is 0 Å². The standard InChI is InChI=1S/C14H21N3O4S/c1-10(2)11-3-4-12-13(9-11)22(19,20)17-14(16-12)15-5-7-21-8-6-18/h3-4,9-10,18H,5-8H2,1-2H3,(H2,15,16,17). The number of guanidine groups is 1. The number of nitrogens with one attached hydrogen (secondary N) is 2. The van der Waals surface area contributed by atoms with Gasteiger partial charge in [0.15, 0.2) is 0 Å². The highest BCUT2D eigenvalue weighted by molar-refractivity contribution is 7.90. The number of benzene rings is 1. The highest BCUT2D eigenvalue weighted by Gasteiger charge is 2.26. The summed E-state index contributed by atoms with van der Waals surface area (Å²) in [6.07, 6.45) is 0. The van der Waals surface area contributed by atoms with E-state index in [1.165, 1.54) is 0 Å². The van der Waals surface area contributed by atoms with Crippen LogP contribution in [0.2, 0.25) is 0 Å². The summed E-state index contributed by atoms with van der Waals surface area (Å²) >= 11 is 0. The van der Waals surface area contributed by atoms with Crippen molar-refractivity contribution in [2.45, 2.75) is 24.7 Å². The molecule has 0 aliphatic carbocycles. The smallest absolute Gasteiger partial charge is 0.266 e. The average Bonchev–Trinajstić information content (AvgIpc) is 2.46. The van der Waals surface area contributed by atoms with Gasteiger partial charge in [-0.05, 0) is 23.6 Å². The highest BCUT2D eigenvalue weighted by Crippen LogP contribution is 2.28. The predicted molar refractivity (Wildman–Crippen MR) is 84.7 cm³/mol. The Kier molecular flexibility index (Phi) is 5.38.